The number of rotatable bonds is 7. The van der Waals surface area contributed by atoms with Crippen LogP contribution in [0.5, 0.6) is 0 Å². The third-order valence-corrected chi connectivity index (χ3v) is 5.32. The summed E-state index contributed by atoms with van der Waals surface area (Å²) < 4.78 is 3.66. The molecule has 3 N–H and O–H groups in total. The van der Waals surface area contributed by atoms with E-state index in [0.717, 1.165) is 0 Å². The number of aromatic nitrogens is 6. The van der Waals surface area contributed by atoms with E-state index in [9.17, 15) is 14.4 Å². The zero-order valence-electron chi connectivity index (χ0n) is 18.3. The Kier molecular flexibility index (Phi) is 6.54. The Morgan fingerprint density at radius 2 is 1.97 bits per heavy atom. The molecule has 0 fully saturated rings. The maximum absolute atomic E-state index is 13.0. The minimum Gasteiger partial charge on any atom is -0.352 e. The fourth-order valence-electron chi connectivity index (χ4n) is 3.29. The lowest BCUT2D eigenvalue weighted by molar-refractivity contribution is 0.0955. The van der Waals surface area contributed by atoms with Crippen molar-refractivity contribution in [1.82, 2.24) is 34.6 Å². The summed E-state index contributed by atoms with van der Waals surface area (Å²) in [4.78, 5) is 45.1. The highest BCUT2D eigenvalue weighted by Crippen LogP contribution is 2.20. The van der Waals surface area contributed by atoms with E-state index in [-0.39, 0.29) is 28.4 Å². The van der Waals surface area contributed by atoms with Crippen molar-refractivity contribution in [1.29, 1.82) is 0 Å². The molecule has 0 bridgehead atoms. The summed E-state index contributed by atoms with van der Waals surface area (Å²) in [5.41, 5.74) is -0.0928. The predicted molar refractivity (Wildman–Crippen MR) is 120 cm³/mol. The summed E-state index contributed by atoms with van der Waals surface area (Å²) in [5, 5.41) is 9.78. The number of pyridine rings is 1. The third-order valence-electron chi connectivity index (χ3n) is 4.96. The molecule has 0 saturated heterocycles. The summed E-state index contributed by atoms with van der Waals surface area (Å²) in [7, 11) is 1.79. The van der Waals surface area contributed by atoms with Crippen LogP contribution in [0.25, 0.3) is 11.0 Å². The molecule has 1 amide bonds. The Balaban J connectivity index is 2.04. The second-order valence-corrected chi connectivity index (χ2v) is 8.61. The number of nitrogens with one attached hydrogen (secondary N) is 3. The van der Waals surface area contributed by atoms with Gasteiger partial charge in [0.05, 0.1) is 10.9 Å². The van der Waals surface area contributed by atoms with Crippen molar-refractivity contribution in [3.63, 3.8) is 0 Å². The fourth-order valence-corrected chi connectivity index (χ4v) is 3.44. The standard InChI is InChI=1S/C20H27N7O3S/c1-10(2)9-27-16-15(18(29)23-19(27)30)12(8-13(22-16)11(3)4)17(28)21-7-6-14-24-25-20(31)26(14)5/h8,10-11H,6-7,9H2,1-5H3,(H,21,28)(H,25,31)(H,23,29,30). The highest BCUT2D eigenvalue weighted by Gasteiger charge is 2.21. The molecule has 10 nitrogen and oxygen atoms in total. The number of aromatic amines is 2. The van der Waals surface area contributed by atoms with E-state index in [4.69, 9.17) is 12.2 Å². The summed E-state index contributed by atoms with van der Waals surface area (Å²) in [6.07, 6.45) is 0.462. The quantitative estimate of drug-likeness (QED) is 0.474. The van der Waals surface area contributed by atoms with Crippen LogP contribution in [0.1, 0.15) is 55.5 Å². The minimum absolute atomic E-state index is 0.00594. The van der Waals surface area contributed by atoms with Gasteiger partial charge in [0.2, 0.25) is 0 Å². The second kappa shape index (κ2) is 8.96. The zero-order chi connectivity index (χ0) is 22.9. The Labute approximate surface area is 183 Å². The summed E-state index contributed by atoms with van der Waals surface area (Å²) in [5.74, 6) is 0.451. The van der Waals surface area contributed by atoms with Crippen LogP contribution in [0, 0.1) is 10.7 Å². The number of nitrogens with zero attached hydrogens (tertiary/aromatic N) is 4. The van der Waals surface area contributed by atoms with E-state index in [1.807, 2.05) is 27.7 Å². The lowest BCUT2D eigenvalue weighted by atomic mass is 10.0. The van der Waals surface area contributed by atoms with Crippen molar-refractivity contribution in [2.45, 2.75) is 46.6 Å². The van der Waals surface area contributed by atoms with Gasteiger partial charge in [0, 0.05) is 32.3 Å². The van der Waals surface area contributed by atoms with Gasteiger partial charge < -0.3 is 9.88 Å². The van der Waals surface area contributed by atoms with Gasteiger partial charge in [-0.3, -0.25) is 24.2 Å². The Hall–Kier alpha value is -3.08. The maximum Gasteiger partial charge on any atom is 0.330 e. The number of carbonyl (C=O) groups is 1. The average Bonchev–Trinajstić information content (AvgIpc) is 3.02. The minimum atomic E-state index is -0.623. The number of fused-ring (bicyclic) bond motifs is 1. The smallest absolute Gasteiger partial charge is 0.330 e. The summed E-state index contributed by atoms with van der Waals surface area (Å²) in [6, 6.07) is 1.62. The van der Waals surface area contributed by atoms with Crippen LogP contribution in [0.3, 0.4) is 0 Å². The lowest BCUT2D eigenvalue weighted by Gasteiger charge is -2.16. The average molecular weight is 446 g/mol. The highest BCUT2D eigenvalue weighted by atomic mass is 32.1. The van der Waals surface area contributed by atoms with Gasteiger partial charge in [-0.05, 0) is 30.1 Å². The largest absolute Gasteiger partial charge is 0.352 e. The number of hydrogen-bond donors (Lipinski definition) is 3. The van der Waals surface area contributed by atoms with Crippen LogP contribution in [-0.2, 0) is 20.0 Å². The van der Waals surface area contributed by atoms with Gasteiger partial charge >= 0.3 is 5.69 Å². The van der Waals surface area contributed by atoms with Crippen LogP contribution in [0.2, 0.25) is 0 Å². The van der Waals surface area contributed by atoms with E-state index < -0.39 is 17.2 Å². The molecule has 11 heteroatoms. The van der Waals surface area contributed by atoms with Crippen molar-refractivity contribution in [2.24, 2.45) is 13.0 Å². The van der Waals surface area contributed by atoms with Crippen LogP contribution < -0.4 is 16.6 Å². The number of H-pyrrole nitrogens is 2. The molecule has 0 aliphatic carbocycles. The molecule has 0 aliphatic rings. The fraction of sp³-hybridized carbons (Fsp3) is 0.500. The van der Waals surface area contributed by atoms with Crippen LogP contribution in [0.4, 0.5) is 0 Å². The molecule has 3 heterocycles. The van der Waals surface area contributed by atoms with Crippen molar-refractivity contribution >= 4 is 29.2 Å². The van der Waals surface area contributed by atoms with Crippen molar-refractivity contribution < 1.29 is 4.79 Å². The molecule has 3 rings (SSSR count). The number of hydrogen-bond acceptors (Lipinski definition) is 6. The number of carbonyl (C=O) groups excluding carboxylic acids is 1. The molecule has 0 spiro atoms. The van der Waals surface area contributed by atoms with Gasteiger partial charge in [-0.25, -0.2) is 9.78 Å². The molecule has 31 heavy (non-hydrogen) atoms. The van der Waals surface area contributed by atoms with Crippen molar-refractivity contribution in [3.8, 4) is 0 Å². The zero-order valence-corrected chi connectivity index (χ0v) is 19.1. The van der Waals surface area contributed by atoms with Crippen LogP contribution in [0.15, 0.2) is 15.7 Å². The monoisotopic (exact) mass is 445 g/mol. The molecule has 0 unspecified atom stereocenters. The second-order valence-electron chi connectivity index (χ2n) is 8.22. The molecule has 166 valence electrons. The topological polar surface area (TPSA) is 130 Å². The SMILES string of the molecule is CC(C)Cn1c(=O)[nH]c(=O)c2c(C(=O)NCCc3n[nH]c(=S)n3C)cc(C(C)C)nc21. The van der Waals surface area contributed by atoms with Crippen molar-refractivity contribution in [2.75, 3.05) is 6.54 Å². The van der Waals surface area contributed by atoms with Gasteiger partial charge in [0.25, 0.3) is 11.5 Å². The highest BCUT2D eigenvalue weighted by molar-refractivity contribution is 7.71. The summed E-state index contributed by atoms with van der Waals surface area (Å²) >= 11 is 5.10. The molecular formula is C20H27N7O3S. The van der Waals surface area contributed by atoms with E-state index in [1.165, 1.54) is 4.57 Å². The molecule has 0 saturated carbocycles. The van der Waals surface area contributed by atoms with Gasteiger partial charge in [0.15, 0.2) is 10.4 Å². The molecule has 0 aliphatic heterocycles. The van der Waals surface area contributed by atoms with Crippen LogP contribution >= 0.6 is 12.2 Å². The molecular weight excluding hydrogens is 418 g/mol. The van der Waals surface area contributed by atoms with Gasteiger partial charge in [-0.2, -0.15) is 5.10 Å². The molecule has 3 aromatic rings. The van der Waals surface area contributed by atoms with Gasteiger partial charge in [-0.15, -0.1) is 0 Å². The van der Waals surface area contributed by atoms with Crippen LogP contribution in [-0.4, -0.2) is 41.8 Å². The molecule has 0 aromatic carbocycles. The Morgan fingerprint density at radius 3 is 2.55 bits per heavy atom. The normalized spacial score (nSPS) is 11.6. The first-order valence-corrected chi connectivity index (χ1v) is 10.6. The Bertz CT molecular complexity index is 1300. The van der Waals surface area contributed by atoms with E-state index >= 15 is 0 Å². The predicted octanol–water partition coefficient (Wildman–Crippen LogP) is 1.63. The third kappa shape index (κ3) is 4.66. The van der Waals surface area contributed by atoms with Gasteiger partial charge in [0.1, 0.15) is 5.82 Å². The first kappa shape index (κ1) is 22.6. The van der Waals surface area contributed by atoms with E-state index in [0.29, 0.717) is 35.8 Å². The number of amides is 1. The van der Waals surface area contributed by atoms with Gasteiger partial charge in [-0.1, -0.05) is 27.7 Å². The van der Waals surface area contributed by atoms with Crippen molar-refractivity contribution in [3.05, 3.63) is 48.8 Å². The summed E-state index contributed by atoms with van der Waals surface area (Å²) in [6.45, 7) is 8.49. The molecule has 3 aromatic heterocycles. The van der Waals surface area contributed by atoms with E-state index in [2.05, 4.69) is 25.5 Å². The Morgan fingerprint density at radius 1 is 1.26 bits per heavy atom. The van der Waals surface area contributed by atoms with E-state index in [1.54, 1.807) is 17.7 Å². The lowest BCUT2D eigenvalue weighted by Crippen LogP contribution is -2.34. The molecule has 0 radical (unpaired) electrons. The first-order valence-electron chi connectivity index (χ1n) is 10.2. The maximum atomic E-state index is 13.0. The first-order chi connectivity index (χ1) is 14.6. The molecule has 0 atom stereocenters.